The largest absolute Gasteiger partial charge is 0.303 e. The molecule has 3 aromatic rings. The molecule has 0 aliphatic heterocycles. The van der Waals surface area contributed by atoms with E-state index >= 15 is 0 Å². The van der Waals surface area contributed by atoms with Gasteiger partial charge in [0.2, 0.25) is 11.9 Å². The Labute approximate surface area is 159 Å². The third-order valence-corrected chi connectivity index (χ3v) is 5.94. The normalized spacial score (nSPS) is 15.0. The van der Waals surface area contributed by atoms with Gasteiger partial charge in [-0.2, -0.15) is 0 Å². The Morgan fingerprint density at radius 3 is 2.85 bits per heavy atom. The van der Waals surface area contributed by atoms with E-state index < -0.39 is 0 Å². The van der Waals surface area contributed by atoms with Gasteiger partial charge in [-0.15, -0.1) is 21.5 Å². The summed E-state index contributed by atoms with van der Waals surface area (Å²) in [5, 5.41) is 14.0. The predicted octanol–water partition coefficient (Wildman–Crippen LogP) is 3.17. The van der Waals surface area contributed by atoms with E-state index in [1.54, 1.807) is 29.8 Å². The Bertz CT molecular complexity index is 876. The van der Waals surface area contributed by atoms with E-state index in [0.29, 0.717) is 12.0 Å². The highest BCUT2D eigenvalue weighted by Crippen LogP contribution is 2.40. The number of amides is 1. The van der Waals surface area contributed by atoms with E-state index in [1.807, 2.05) is 13.0 Å². The molecule has 1 aliphatic rings. The van der Waals surface area contributed by atoms with Crippen molar-refractivity contribution >= 4 is 35.0 Å². The van der Waals surface area contributed by atoms with E-state index in [1.165, 1.54) is 16.6 Å². The minimum absolute atomic E-state index is 0.147. The molecule has 134 valence electrons. The number of nitrogens with one attached hydrogen (secondary N) is 1. The lowest BCUT2D eigenvalue weighted by Gasteiger charge is -2.12. The monoisotopic (exact) mass is 386 g/mol. The molecule has 1 atom stereocenters. The van der Waals surface area contributed by atoms with E-state index in [-0.39, 0.29) is 11.2 Å². The van der Waals surface area contributed by atoms with Crippen molar-refractivity contribution in [2.75, 3.05) is 5.32 Å². The van der Waals surface area contributed by atoms with Crippen molar-refractivity contribution in [3.05, 3.63) is 46.7 Å². The summed E-state index contributed by atoms with van der Waals surface area (Å²) in [5.41, 5.74) is 0. The summed E-state index contributed by atoms with van der Waals surface area (Å²) in [6, 6.07) is 6.32. The average Bonchev–Trinajstić information content (AvgIpc) is 3.20. The molecule has 1 unspecified atom stereocenters. The Hall–Kier alpha value is -2.26. The van der Waals surface area contributed by atoms with Crippen LogP contribution in [-0.2, 0) is 11.2 Å². The number of nitrogens with zero attached hydrogens (tertiary/aromatic N) is 5. The Morgan fingerprint density at radius 1 is 1.35 bits per heavy atom. The molecule has 1 amide bonds. The average molecular weight is 387 g/mol. The molecule has 3 aromatic heterocycles. The summed E-state index contributed by atoms with van der Waals surface area (Å²) >= 11 is 3.15. The maximum absolute atomic E-state index is 12.4. The van der Waals surface area contributed by atoms with E-state index in [9.17, 15) is 4.79 Å². The van der Waals surface area contributed by atoms with Crippen LogP contribution in [0.25, 0.3) is 0 Å². The quantitative estimate of drug-likeness (QED) is 0.628. The van der Waals surface area contributed by atoms with Gasteiger partial charge >= 0.3 is 0 Å². The first-order valence-corrected chi connectivity index (χ1v) is 10.2. The van der Waals surface area contributed by atoms with Gasteiger partial charge in [0.25, 0.3) is 0 Å². The van der Waals surface area contributed by atoms with Crippen molar-refractivity contribution < 1.29 is 4.79 Å². The second-order valence-electron chi connectivity index (χ2n) is 6.08. The van der Waals surface area contributed by atoms with Crippen LogP contribution < -0.4 is 5.32 Å². The first-order valence-electron chi connectivity index (χ1n) is 8.41. The van der Waals surface area contributed by atoms with E-state index in [4.69, 9.17) is 0 Å². The molecule has 1 aliphatic carbocycles. The zero-order valence-corrected chi connectivity index (χ0v) is 15.8. The van der Waals surface area contributed by atoms with Gasteiger partial charge in [0.15, 0.2) is 5.16 Å². The number of rotatable bonds is 7. The second kappa shape index (κ2) is 7.55. The maximum atomic E-state index is 12.4. The van der Waals surface area contributed by atoms with Gasteiger partial charge in [-0.1, -0.05) is 17.8 Å². The Balaban J connectivity index is 1.47. The van der Waals surface area contributed by atoms with E-state index in [2.05, 4.69) is 41.5 Å². The lowest BCUT2D eigenvalue weighted by molar-refractivity contribution is -0.115. The summed E-state index contributed by atoms with van der Waals surface area (Å²) in [5.74, 6) is 1.13. The molecule has 26 heavy (non-hydrogen) atoms. The predicted molar refractivity (Wildman–Crippen MR) is 101 cm³/mol. The molecule has 0 radical (unpaired) electrons. The number of hydrogen-bond acceptors (Lipinski definition) is 7. The van der Waals surface area contributed by atoms with Gasteiger partial charge < -0.3 is 4.57 Å². The van der Waals surface area contributed by atoms with Crippen LogP contribution in [0.5, 0.6) is 0 Å². The van der Waals surface area contributed by atoms with Crippen LogP contribution in [0.4, 0.5) is 5.95 Å². The van der Waals surface area contributed by atoms with Gasteiger partial charge in [0, 0.05) is 29.7 Å². The number of hydrogen-bond donors (Lipinski definition) is 1. The molecule has 9 heteroatoms. The molecule has 7 nitrogen and oxygen atoms in total. The lowest BCUT2D eigenvalue weighted by atomic mass is 10.3. The van der Waals surface area contributed by atoms with Crippen LogP contribution in [0.15, 0.2) is 41.1 Å². The summed E-state index contributed by atoms with van der Waals surface area (Å²) in [6.07, 6.45) is 6.26. The number of carbonyl (C=O) groups is 1. The summed E-state index contributed by atoms with van der Waals surface area (Å²) in [6.45, 7) is 1.85. The van der Waals surface area contributed by atoms with E-state index in [0.717, 1.165) is 30.2 Å². The molecule has 1 fully saturated rings. The number of thioether (sulfide) groups is 1. The molecule has 0 saturated heterocycles. The van der Waals surface area contributed by atoms with Crippen LogP contribution in [0, 0.1) is 0 Å². The van der Waals surface area contributed by atoms with Crippen molar-refractivity contribution in [3.8, 4) is 0 Å². The summed E-state index contributed by atoms with van der Waals surface area (Å²) in [7, 11) is 0. The zero-order valence-electron chi connectivity index (χ0n) is 14.2. The molecule has 0 bridgehead atoms. The third kappa shape index (κ3) is 3.94. The van der Waals surface area contributed by atoms with Crippen LogP contribution in [0.2, 0.25) is 0 Å². The van der Waals surface area contributed by atoms with Gasteiger partial charge in [-0.3, -0.25) is 10.1 Å². The first-order chi connectivity index (χ1) is 12.7. The molecular weight excluding hydrogens is 368 g/mol. The Morgan fingerprint density at radius 2 is 2.15 bits per heavy atom. The van der Waals surface area contributed by atoms with Crippen molar-refractivity contribution in [2.45, 2.75) is 42.6 Å². The SMILES string of the molecule is CC(Sc1nnc(Cc2cccs2)n1C1CC1)C(=O)Nc1ncccn1. The number of carbonyl (C=O) groups excluding carboxylic acids is 1. The lowest BCUT2D eigenvalue weighted by Crippen LogP contribution is -2.24. The van der Waals surface area contributed by atoms with Gasteiger partial charge in [-0.05, 0) is 37.3 Å². The third-order valence-electron chi connectivity index (χ3n) is 4.01. The van der Waals surface area contributed by atoms with Crippen LogP contribution in [0.1, 0.15) is 36.5 Å². The highest BCUT2D eigenvalue weighted by molar-refractivity contribution is 8.00. The van der Waals surface area contributed by atoms with Crippen LogP contribution in [0.3, 0.4) is 0 Å². The summed E-state index contributed by atoms with van der Waals surface area (Å²) in [4.78, 5) is 21.7. The zero-order chi connectivity index (χ0) is 17.9. The fraction of sp³-hybridized carbons (Fsp3) is 0.353. The number of aromatic nitrogens is 5. The molecule has 0 spiro atoms. The van der Waals surface area contributed by atoms with Crippen LogP contribution in [-0.4, -0.2) is 35.9 Å². The first kappa shape index (κ1) is 17.2. The van der Waals surface area contributed by atoms with Crippen molar-refractivity contribution in [2.24, 2.45) is 0 Å². The van der Waals surface area contributed by atoms with Gasteiger partial charge in [0.05, 0.1) is 5.25 Å². The minimum Gasteiger partial charge on any atom is -0.303 e. The fourth-order valence-corrected chi connectivity index (χ4v) is 4.20. The highest BCUT2D eigenvalue weighted by atomic mass is 32.2. The van der Waals surface area contributed by atoms with Crippen molar-refractivity contribution in [1.82, 2.24) is 24.7 Å². The second-order valence-corrected chi connectivity index (χ2v) is 8.42. The van der Waals surface area contributed by atoms with Crippen LogP contribution >= 0.6 is 23.1 Å². The van der Waals surface area contributed by atoms with Gasteiger partial charge in [0.1, 0.15) is 5.82 Å². The smallest absolute Gasteiger partial charge is 0.240 e. The fourth-order valence-electron chi connectivity index (χ4n) is 2.56. The molecule has 4 rings (SSSR count). The van der Waals surface area contributed by atoms with Crippen molar-refractivity contribution in [3.63, 3.8) is 0 Å². The molecule has 1 N–H and O–H groups in total. The molecule has 1 saturated carbocycles. The molecule has 3 heterocycles. The standard InChI is InChI=1S/C17H18N6OS2/c1-11(15(24)20-16-18-7-3-8-19-16)26-17-22-21-14(23(17)12-5-6-12)10-13-4-2-9-25-13/h2-4,7-9,11-12H,5-6,10H2,1H3,(H,18,19,20,24). The number of thiophene rings is 1. The minimum atomic E-state index is -0.324. The Kier molecular flexibility index (Phi) is 4.98. The van der Waals surface area contributed by atoms with Crippen molar-refractivity contribution in [1.29, 1.82) is 0 Å². The molecular formula is C17H18N6OS2. The maximum Gasteiger partial charge on any atom is 0.240 e. The topological polar surface area (TPSA) is 85.6 Å². The van der Waals surface area contributed by atoms with Gasteiger partial charge in [-0.25, -0.2) is 9.97 Å². The molecule has 0 aromatic carbocycles. The highest BCUT2D eigenvalue weighted by Gasteiger charge is 2.31. The number of anilines is 1. The summed E-state index contributed by atoms with van der Waals surface area (Å²) < 4.78 is 2.20.